The minimum atomic E-state index is -3.78. The lowest BCUT2D eigenvalue weighted by molar-refractivity contribution is 0.0951. The Morgan fingerprint density at radius 1 is 1.23 bits per heavy atom. The van der Waals surface area contributed by atoms with Crippen molar-refractivity contribution in [1.29, 1.82) is 0 Å². The van der Waals surface area contributed by atoms with Gasteiger partial charge in [-0.15, -0.1) is 0 Å². The molecule has 1 heterocycles. The average molecular weight is 465 g/mol. The van der Waals surface area contributed by atoms with Gasteiger partial charge in [0.1, 0.15) is 11.6 Å². The van der Waals surface area contributed by atoms with Crippen molar-refractivity contribution < 1.29 is 17.6 Å². The number of hydrogen-bond acceptors (Lipinski definition) is 4. The molecule has 2 N–H and O–H groups in total. The van der Waals surface area contributed by atoms with Crippen LogP contribution in [-0.4, -0.2) is 29.9 Å². The number of nitrogens with one attached hydrogen (secondary N) is 2. The summed E-state index contributed by atoms with van der Waals surface area (Å²) in [5.74, 6) is -0.378. The summed E-state index contributed by atoms with van der Waals surface area (Å²) in [6.07, 6.45) is 3.24. The van der Waals surface area contributed by atoms with E-state index in [0.717, 1.165) is 0 Å². The van der Waals surface area contributed by atoms with Gasteiger partial charge in [0.25, 0.3) is 5.91 Å². The predicted molar refractivity (Wildman–Crippen MR) is 116 cm³/mol. The standard InChI is InChI=1S/C21H22ClFN4O3S/c1-13(2)26-31(29,30)16-5-6-18(22)17(11-16)21(28)25-12-15-4-7-20(19(23)10-15)27-9-8-24-14(27)3/h4-11,13,26H,12H2,1-3H3,(H,25,28). The third-order valence-electron chi connectivity index (χ3n) is 4.43. The minimum absolute atomic E-state index is 0.0134. The molecule has 1 aromatic heterocycles. The van der Waals surface area contributed by atoms with Gasteiger partial charge in [-0.1, -0.05) is 17.7 Å². The van der Waals surface area contributed by atoms with Gasteiger partial charge in [-0.05, 0) is 56.7 Å². The third-order valence-corrected chi connectivity index (χ3v) is 6.42. The highest BCUT2D eigenvalue weighted by Crippen LogP contribution is 2.21. The van der Waals surface area contributed by atoms with E-state index in [9.17, 15) is 17.6 Å². The second-order valence-electron chi connectivity index (χ2n) is 7.23. The van der Waals surface area contributed by atoms with Gasteiger partial charge in [-0.25, -0.2) is 22.5 Å². The van der Waals surface area contributed by atoms with Gasteiger partial charge in [-0.3, -0.25) is 4.79 Å². The van der Waals surface area contributed by atoms with Crippen LogP contribution in [0.15, 0.2) is 53.7 Å². The maximum absolute atomic E-state index is 14.5. The quantitative estimate of drug-likeness (QED) is 0.558. The van der Waals surface area contributed by atoms with E-state index < -0.39 is 21.7 Å². The van der Waals surface area contributed by atoms with Crippen molar-refractivity contribution in [2.24, 2.45) is 0 Å². The molecule has 2 aromatic carbocycles. The van der Waals surface area contributed by atoms with Gasteiger partial charge in [0.05, 0.1) is 21.2 Å². The Labute approximate surface area is 185 Å². The molecule has 0 radical (unpaired) electrons. The molecule has 10 heteroatoms. The maximum Gasteiger partial charge on any atom is 0.253 e. The fourth-order valence-electron chi connectivity index (χ4n) is 2.99. The summed E-state index contributed by atoms with van der Waals surface area (Å²) in [5, 5.41) is 2.75. The highest BCUT2D eigenvalue weighted by Gasteiger charge is 2.19. The fraction of sp³-hybridized carbons (Fsp3) is 0.238. The van der Waals surface area contributed by atoms with E-state index in [1.165, 1.54) is 24.3 Å². The van der Waals surface area contributed by atoms with E-state index >= 15 is 0 Å². The summed E-state index contributed by atoms with van der Waals surface area (Å²) in [7, 11) is -3.78. The number of carbonyl (C=O) groups is 1. The highest BCUT2D eigenvalue weighted by molar-refractivity contribution is 7.89. The molecule has 0 saturated carbocycles. The summed E-state index contributed by atoms with van der Waals surface area (Å²) in [6, 6.07) is 8.21. The molecule has 7 nitrogen and oxygen atoms in total. The van der Waals surface area contributed by atoms with Gasteiger partial charge >= 0.3 is 0 Å². The van der Waals surface area contributed by atoms with Crippen LogP contribution in [0.1, 0.15) is 35.6 Å². The van der Waals surface area contributed by atoms with Crippen molar-refractivity contribution in [3.8, 4) is 5.69 Å². The normalized spacial score (nSPS) is 11.7. The lowest BCUT2D eigenvalue weighted by Gasteiger charge is -2.12. The number of imidazole rings is 1. The molecule has 0 bridgehead atoms. The molecule has 31 heavy (non-hydrogen) atoms. The first kappa shape index (κ1) is 22.9. The molecule has 1 amide bonds. The molecule has 0 fully saturated rings. The van der Waals surface area contributed by atoms with Crippen LogP contribution < -0.4 is 10.0 Å². The molecule has 0 saturated heterocycles. The number of nitrogens with zero attached hydrogens (tertiary/aromatic N) is 2. The molecule has 3 aromatic rings. The summed E-state index contributed by atoms with van der Waals surface area (Å²) in [5.41, 5.74) is 0.900. The minimum Gasteiger partial charge on any atom is -0.348 e. The summed E-state index contributed by atoms with van der Waals surface area (Å²) in [4.78, 5) is 16.6. The Bertz CT molecular complexity index is 1230. The van der Waals surface area contributed by atoms with E-state index in [1.54, 1.807) is 49.9 Å². The Morgan fingerprint density at radius 3 is 2.58 bits per heavy atom. The second-order valence-corrected chi connectivity index (χ2v) is 9.35. The molecular weight excluding hydrogens is 443 g/mol. The van der Waals surface area contributed by atoms with Gasteiger partial charge in [0, 0.05) is 25.0 Å². The van der Waals surface area contributed by atoms with Gasteiger partial charge in [-0.2, -0.15) is 0 Å². The third kappa shape index (κ3) is 5.30. The van der Waals surface area contributed by atoms with E-state index in [2.05, 4.69) is 15.0 Å². The molecule has 164 valence electrons. The first-order valence-corrected chi connectivity index (χ1v) is 11.3. The number of rotatable bonds is 7. The smallest absolute Gasteiger partial charge is 0.253 e. The fourth-order valence-corrected chi connectivity index (χ4v) is 4.47. The van der Waals surface area contributed by atoms with Crippen LogP contribution in [-0.2, 0) is 16.6 Å². The van der Waals surface area contributed by atoms with Crippen LogP contribution in [0.3, 0.4) is 0 Å². The lowest BCUT2D eigenvalue weighted by atomic mass is 10.1. The van der Waals surface area contributed by atoms with E-state index in [4.69, 9.17) is 11.6 Å². The monoisotopic (exact) mass is 464 g/mol. The number of halogens is 2. The number of aryl methyl sites for hydroxylation is 1. The molecule has 0 atom stereocenters. The number of sulfonamides is 1. The van der Waals surface area contributed by atoms with Crippen LogP contribution in [0, 0.1) is 12.7 Å². The topological polar surface area (TPSA) is 93.1 Å². The molecule has 3 rings (SSSR count). The van der Waals surface area contributed by atoms with Crippen LogP contribution in [0.2, 0.25) is 5.02 Å². The highest BCUT2D eigenvalue weighted by atomic mass is 35.5. The van der Waals surface area contributed by atoms with Crippen LogP contribution in [0.4, 0.5) is 4.39 Å². The summed E-state index contributed by atoms with van der Waals surface area (Å²) in [6.45, 7) is 5.19. The first-order chi connectivity index (χ1) is 14.6. The Kier molecular flexibility index (Phi) is 6.78. The van der Waals surface area contributed by atoms with Crippen molar-refractivity contribution in [2.45, 2.75) is 38.3 Å². The number of carbonyl (C=O) groups excluding carboxylic acids is 1. The van der Waals surface area contributed by atoms with E-state index in [0.29, 0.717) is 17.1 Å². The molecule has 0 spiro atoms. The van der Waals surface area contributed by atoms with Gasteiger partial charge < -0.3 is 9.88 Å². The molecule has 0 aliphatic heterocycles. The van der Waals surface area contributed by atoms with Crippen molar-refractivity contribution >= 4 is 27.5 Å². The number of hydrogen-bond donors (Lipinski definition) is 2. The summed E-state index contributed by atoms with van der Waals surface area (Å²) >= 11 is 6.10. The van der Waals surface area contributed by atoms with Crippen LogP contribution >= 0.6 is 11.6 Å². The SMILES string of the molecule is Cc1nccn1-c1ccc(CNC(=O)c2cc(S(=O)(=O)NC(C)C)ccc2Cl)cc1F. The molecule has 0 aliphatic carbocycles. The van der Waals surface area contributed by atoms with Crippen LogP contribution in [0.25, 0.3) is 5.69 Å². The van der Waals surface area contributed by atoms with Crippen molar-refractivity contribution in [1.82, 2.24) is 19.6 Å². The zero-order chi connectivity index (χ0) is 22.8. The maximum atomic E-state index is 14.5. The van der Waals surface area contributed by atoms with Gasteiger partial charge in [0.2, 0.25) is 10.0 Å². The number of benzene rings is 2. The average Bonchev–Trinajstić information content (AvgIpc) is 3.11. The zero-order valence-corrected chi connectivity index (χ0v) is 18.8. The Balaban J connectivity index is 1.76. The second kappa shape index (κ2) is 9.17. The Hall–Kier alpha value is -2.75. The first-order valence-electron chi connectivity index (χ1n) is 9.47. The largest absolute Gasteiger partial charge is 0.348 e. The molecule has 0 unspecified atom stereocenters. The van der Waals surface area contributed by atoms with E-state index in [1.807, 2.05) is 0 Å². The van der Waals surface area contributed by atoms with Crippen molar-refractivity contribution in [2.75, 3.05) is 0 Å². The predicted octanol–water partition coefficient (Wildman–Crippen LogP) is 3.59. The lowest BCUT2D eigenvalue weighted by Crippen LogP contribution is -2.30. The number of aromatic nitrogens is 2. The van der Waals surface area contributed by atoms with Crippen LogP contribution in [0.5, 0.6) is 0 Å². The zero-order valence-electron chi connectivity index (χ0n) is 17.2. The summed E-state index contributed by atoms with van der Waals surface area (Å²) < 4.78 is 43.3. The number of amides is 1. The molecule has 0 aliphatic rings. The Morgan fingerprint density at radius 2 is 1.97 bits per heavy atom. The van der Waals surface area contributed by atoms with Gasteiger partial charge in [0.15, 0.2) is 0 Å². The van der Waals surface area contributed by atoms with Crippen molar-refractivity contribution in [3.63, 3.8) is 0 Å². The van der Waals surface area contributed by atoms with E-state index in [-0.39, 0.29) is 28.1 Å². The van der Waals surface area contributed by atoms with Crippen molar-refractivity contribution in [3.05, 3.63) is 76.6 Å². The molecular formula is C21H22ClFN4O3S.